The standard InChI is InChI=1S/C12H10F3N3/c13-12(14,15)9-3-1-2-8(4-9)5-11-17-6-10(16)7-18-11/h1-4,6-7H,5,16H2. The molecule has 18 heavy (non-hydrogen) atoms. The van der Waals surface area contributed by atoms with Crippen LogP contribution >= 0.6 is 0 Å². The quantitative estimate of drug-likeness (QED) is 0.895. The van der Waals surface area contributed by atoms with E-state index in [9.17, 15) is 13.2 Å². The Balaban J connectivity index is 2.22. The number of nitrogen functional groups attached to an aromatic ring is 1. The first-order valence-corrected chi connectivity index (χ1v) is 5.18. The Morgan fingerprint density at radius 3 is 2.39 bits per heavy atom. The van der Waals surface area contributed by atoms with Crippen molar-refractivity contribution in [3.05, 3.63) is 53.6 Å². The number of rotatable bonds is 2. The number of aromatic nitrogens is 2. The number of hydrogen-bond acceptors (Lipinski definition) is 3. The fourth-order valence-corrected chi connectivity index (χ4v) is 1.50. The predicted octanol–water partition coefficient (Wildman–Crippen LogP) is 2.67. The van der Waals surface area contributed by atoms with Gasteiger partial charge in [0.2, 0.25) is 0 Å². The predicted molar refractivity (Wildman–Crippen MR) is 60.7 cm³/mol. The van der Waals surface area contributed by atoms with Crippen molar-refractivity contribution >= 4 is 5.69 Å². The van der Waals surface area contributed by atoms with E-state index in [2.05, 4.69) is 9.97 Å². The highest BCUT2D eigenvalue weighted by atomic mass is 19.4. The Morgan fingerprint density at radius 2 is 1.78 bits per heavy atom. The van der Waals surface area contributed by atoms with Crippen molar-refractivity contribution in [3.8, 4) is 0 Å². The minimum Gasteiger partial charge on any atom is -0.396 e. The number of benzene rings is 1. The lowest BCUT2D eigenvalue weighted by Crippen LogP contribution is -2.06. The lowest BCUT2D eigenvalue weighted by Gasteiger charge is -2.08. The van der Waals surface area contributed by atoms with E-state index in [0.29, 0.717) is 17.1 Å². The van der Waals surface area contributed by atoms with Gasteiger partial charge in [-0.05, 0) is 11.6 Å². The van der Waals surface area contributed by atoms with Crippen molar-refractivity contribution in [3.63, 3.8) is 0 Å². The zero-order valence-corrected chi connectivity index (χ0v) is 9.28. The highest BCUT2D eigenvalue weighted by molar-refractivity contribution is 5.32. The molecule has 2 aromatic rings. The summed E-state index contributed by atoms with van der Waals surface area (Å²) in [6, 6.07) is 5.11. The molecule has 1 heterocycles. The number of hydrogen-bond donors (Lipinski definition) is 1. The van der Waals surface area contributed by atoms with Crippen molar-refractivity contribution in [1.29, 1.82) is 0 Å². The van der Waals surface area contributed by atoms with E-state index in [1.165, 1.54) is 18.5 Å². The van der Waals surface area contributed by atoms with Crippen LogP contribution in [-0.2, 0) is 12.6 Å². The Morgan fingerprint density at radius 1 is 1.11 bits per heavy atom. The maximum atomic E-state index is 12.5. The Kier molecular flexibility index (Phi) is 3.18. The number of anilines is 1. The molecule has 1 aromatic carbocycles. The summed E-state index contributed by atoms with van der Waals surface area (Å²) in [7, 11) is 0. The average Bonchev–Trinajstić information content (AvgIpc) is 2.31. The van der Waals surface area contributed by atoms with Gasteiger partial charge in [0.1, 0.15) is 5.82 Å². The van der Waals surface area contributed by atoms with E-state index in [0.717, 1.165) is 12.1 Å². The van der Waals surface area contributed by atoms with Crippen LogP contribution in [0.25, 0.3) is 0 Å². The van der Waals surface area contributed by atoms with Gasteiger partial charge in [-0.15, -0.1) is 0 Å². The third-order valence-electron chi connectivity index (χ3n) is 2.34. The summed E-state index contributed by atoms with van der Waals surface area (Å²) in [4.78, 5) is 7.90. The smallest absolute Gasteiger partial charge is 0.396 e. The van der Waals surface area contributed by atoms with Crippen LogP contribution in [0.4, 0.5) is 18.9 Å². The second-order valence-corrected chi connectivity index (χ2v) is 3.81. The molecule has 0 spiro atoms. The first-order valence-electron chi connectivity index (χ1n) is 5.18. The van der Waals surface area contributed by atoms with Crippen LogP contribution in [0.1, 0.15) is 17.0 Å². The molecule has 2 N–H and O–H groups in total. The molecule has 0 aliphatic carbocycles. The first kappa shape index (κ1) is 12.3. The van der Waals surface area contributed by atoms with Gasteiger partial charge in [0.25, 0.3) is 0 Å². The third-order valence-corrected chi connectivity index (χ3v) is 2.34. The molecule has 2 rings (SSSR count). The largest absolute Gasteiger partial charge is 0.416 e. The van der Waals surface area contributed by atoms with Gasteiger partial charge in [-0.1, -0.05) is 18.2 Å². The normalized spacial score (nSPS) is 11.5. The lowest BCUT2D eigenvalue weighted by molar-refractivity contribution is -0.137. The number of halogens is 3. The van der Waals surface area contributed by atoms with Gasteiger partial charge in [0.05, 0.1) is 23.6 Å². The van der Waals surface area contributed by atoms with Gasteiger partial charge < -0.3 is 5.73 Å². The van der Waals surface area contributed by atoms with Crippen molar-refractivity contribution < 1.29 is 13.2 Å². The van der Waals surface area contributed by atoms with Crippen molar-refractivity contribution in [2.45, 2.75) is 12.6 Å². The van der Waals surface area contributed by atoms with Gasteiger partial charge in [-0.2, -0.15) is 13.2 Å². The molecule has 0 aliphatic heterocycles. The summed E-state index contributed by atoms with van der Waals surface area (Å²) < 4.78 is 37.5. The number of nitrogens with two attached hydrogens (primary N) is 1. The maximum Gasteiger partial charge on any atom is 0.416 e. The van der Waals surface area contributed by atoms with E-state index in [1.807, 2.05) is 0 Å². The second-order valence-electron chi connectivity index (χ2n) is 3.81. The fourth-order valence-electron chi connectivity index (χ4n) is 1.50. The van der Waals surface area contributed by atoms with Crippen LogP contribution < -0.4 is 5.73 Å². The molecule has 0 saturated carbocycles. The minimum absolute atomic E-state index is 0.240. The molecule has 0 radical (unpaired) electrons. The lowest BCUT2D eigenvalue weighted by atomic mass is 10.1. The van der Waals surface area contributed by atoms with E-state index >= 15 is 0 Å². The van der Waals surface area contributed by atoms with Crippen LogP contribution in [0, 0.1) is 0 Å². The molecule has 0 amide bonds. The van der Waals surface area contributed by atoms with Crippen molar-refractivity contribution in [1.82, 2.24) is 9.97 Å². The summed E-state index contributed by atoms with van der Waals surface area (Å²) in [5, 5.41) is 0. The molecule has 0 fully saturated rings. The van der Waals surface area contributed by atoms with Gasteiger partial charge in [-0.3, -0.25) is 0 Å². The van der Waals surface area contributed by atoms with Gasteiger partial charge in [0.15, 0.2) is 0 Å². The highest BCUT2D eigenvalue weighted by Gasteiger charge is 2.30. The minimum atomic E-state index is -4.34. The third kappa shape index (κ3) is 2.97. The van der Waals surface area contributed by atoms with E-state index in [-0.39, 0.29) is 6.42 Å². The Labute approximate surface area is 101 Å². The highest BCUT2D eigenvalue weighted by Crippen LogP contribution is 2.29. The first-order chi connectivity index (χ1) is 8.45. The molecule has 6 heteroatoms. The summed E-state index contributed by atoms with van der Waals surface area (Å²) >= 11 is 0. The Bertz CT molecular complexity index is 535. The number of alkyl halides is 3. The monoisotopic (exact) mass is 253 g/mol. The summed E-state index contributed by atoms with van der Waals surface area (Å²) in [5.74, 6) is 0.434. The fraction of sp³-hybridized carbons (Fsp3) is 0.167. The van der Waals surface area contributed by atoms with E-state index in [4.69, 9.17) is 5.73 Å². The zero-order valence-electron chi connectivity index (χ0n) is 9.28. The molecule has 0 unspecified atom stereocenters. The van der Waals surface area contributed by atoms with Gasteiger partial charge in [0, 0.05) is 6.42 Å². The molecular formula is C12H10F3N3. The summed E-state index contributed by atoms with van der Waals surface area (Å²) in [6.45, 7) is 0. The number of nitrogens with zero attached hydrogens (tertiary/aromatic N) is 2. The summed E-state index contributed by atoms with van der Waals surface area (Å²) in [6.07, 6.45) is -1.24. The van der Waals surface area contributed by atoms with Crippen LogP contribution in [-0.4, -0.2) is 9.97 Å². The van der Waals surface area contributed by atoms with Crippen LogP contribution in [0.3, 0.4) is 0 Å². The van der Waals surface area contributed by atoms with Gasteiger partial charge in [-0.25, -0.2) is 9.97 Å². The SMILES string of the molecule is Nc1cnc(Cc2cccc(C(F)(F)F)c2)nc1. The zero-order chi connectivity index (χ0) is 13.2. The molecule has 0 atom stereocenters. The van der Waals surface area contributed by atoms with Crippen molar-refractivity contribution in [2.24, 2.45) is 0 Å². The van der Waals surface area contributed by atoms with Crippen LogP contribution in [0.5, 0.6) is 0 Å². The van der Waals surface area contributed by atoms with E-state index in [1.54, 1.807) is 6.07 Å². The molecule has 0 aliphatic rings. The average molecular weight is 253 g/mol. The molecule has 0 saturated heterocycles. The maximum absolute atomic E-state index is 12.5. The van der Waals surface area contributed by atoms with Crippen LogP contribution in [0.2, 0.25) is 0 Å². The van der Waals surface area contributed by atoms with Crippen molar-refractivity contribution in [2.75, 3.05) is 5.73 Å². The molecule has 3 nitrogen and oxygen atoms in total. The second kappa shape index (κ2) is 4.64. The summed E-state index contributed by atoms with van der Waals surface area (Å²) in [5.41, 5.74) is 5.68. The Hall–Kier alpha value is -2.11. The topological polar surface area (TPSA) is 51.8 Å². The molecule has 94 valence electrons. The van der Waals surface area contributed by atoms with Crippen LogP contribution in [0.15, 0.2) is 36.7 Å². The molecule has 0 bridgehead atoms. The molecular weight excluding hydrogens is 243 g/mol. The van der Waals surface area contributed by atoms with Gasteiger partial charge >= 0.3 is 6.18 Å². The molecule has 1 aromatic heterocycles. The van der Waals surface area contributed by atoms with E-state index < -0.39 is 11.7 Å².